The maximum absolute atomic E-state index is 13.2. The van der Waals surface area contributed by atoms with E-state index in [1.807, 2.05) is 50.2 Å². The molecule has 0 aromatic heterocycles. The van der Waals surface area contributed by atoms with Gasteiger partial charge in [0, 0.05) is 12.1 Å². The molecule has 1 aliphatic heterocycles. The van der Waals surface area contributed by atoms with Gasteiger partial charge in [-0.2, -0.15) is 0 Å². The quantitative estimate of drug-likeness (QED) is 0.189. The maximum atomic E-state index is 13.2. The molecule has 1 atom stereocenters. The van der Waals surface area contributed by atoms with Crippen LogP contribution in [0.4, 0.5) is 0 Å². The van der Waals surface area contributed by atoms with Crippen LogP contribution in [-0.2, 0) is 9.59 Å². The Hall–Kier alpha value is -3.08. The molecule has 1 fully saturated rings. The van der Waals surface area contributed by atoms with Gasteiger partial charge < -0.3 is 14.7 Å². The summed E-state index contributed by atoms with van der Waals surface area (Å²) in [6.45, 7) is 11.4. The first kappa shape index (κ1) is 25.5. The van der Waals surface area contributed by atoms with E-state index in [1.165, 1.54) is 5.56 Å². The molecular formula is C29H37NO4. The highest BCUT2D eigenvalue weighted by atomic mass is 16.5. The summed E-state index contributed by atoms with van der Waals surface area (Å²) in [5, 5.41) is 11.3. The van der Waals surface area contributed by atoms with Gasteiger partial charge in [-0.3, -0.25) is 9.59 Å². The van der Waals surface area contributed by atoms with E-state index in [9.17, 15) is 14.7 Å². The van der Waals surface area contributed by atoms with Gasteiger partial charge in [-0.05, 0) is 60.6 Å². The molecule has 0 spiro atoms. The second kappa shape index (κ2) is 11.4. The van der Waals surface area contributed by atoms with E-state index in [1.54, 1.807) is 11.0 Å². The molecular weight excluding hydrogens is 426 g/mol. The van der Waals surface area contributed by atoms with E-state index >= 15 is 0 Å². The van der Waals surface area contributed by atoms with E-state index in [-0.39, 0.29) is 11.3 Å². The second-order valence-corrected chi connectivity index (χ2v) is 9.35. The summed E-state index contributed by atoms with van der Waals surface area (Å²) in [5.41, 5.74) is 3.55. The normalized spacial score (nSPS) is 17.6. The molecule has 1 saturated heterocycles. The minimum absolute atomic E-state index is 0.139. The standard InChI is InChI=1S/C29H37NO4/c1-6-8-9-16-30-26(22-12-10-21(11-13-22)19(3)4)25(28(32)29(30)33)27(31)23-14-15-24(20(5)18-23)34-17-7-2/h10-15,18-19,26,31H,6-9,16-17H2,1-5H3/b27-25-. The van der Waals surface area contributed by atoms with Crippen molar-refractivity contribution in [3.8, 4) is 5.75 Å². The fourth-order valence-electron chi connectivity index (χ4n) is 4.38. The van der Waals surface area contributed by atoms with E-state index in [4.69, 9.17) is 4.74 Å². The number of aliphatic hydroxyl groups excluding tert-OH is 1. The highest BCUT2D eigenvalue weighted by Gasteiger charge is 2.45. The topological polar surface area (TPSA) is 66.8 Å². The number of carbonyl (C=O) groups excluding carboxylic acids is 2. The molecule has 3 rings (SSSR count). The Kier molecular flexibility index (Phi) is 8.54. The molecule has 1 unspecified atom stereocenters. The highest BCUT2D eigenvalue weighted by Crippen LogP contribution is 2.40. The zero-order chi connectivity index (χ0) is 24.8. The van der Waals surface area contributed by atoms with Crippen LogP contribution in [0.2, 0.25) is 0 Å². The molecule has 0 saturated carbocycles. The third-order valence-corrected chi connectivity index (χ3v) is 6.37. The van der Waals surface area contributed by atoms with Crippen LogP contribution in [0.3, 0.4) is 0 Å². The monoisotopic (exact) mass is 463 g/mol. The van der Waals surface area contributed by atoms with Crippen LogP contribution in [0.5, 0.6) is 5.75 Å². The number of amides is 1. The van der Waals surface area contributed by atoms with E-state index in [2.05, 4.69) is 20.8 Å². The number of ketones is 1. The van der Waals surface area contributed by atoms with Crippen LogP contribution >= 0.6 is 0 Å². The predicted octanol–water partition coefficient (Wildman–Crippen LogP) is 6.52. The number of hydrogen-bond acceptors (Lipinski definition) is 4. The van der Waals surface area contributed by atoms with Crippen LogP contribution in [0.25, 0.3) is 5.76 Å². The summed E-state index contributed by atoms with van der Waals surface area (Å²) in [7, 11) is 0. The molecule has 1 heterocycles. The summed E-state index contributed by atoms with van der Waals surface area (Å²) in [6.07, 6.45) is 3.70. The third kappa shape index (κ3) is 5.35. The first-order valence-electron chi connectivity index (χ1n) is 12.4. The largest absolute Gasteiger partial charge is 0.507 e. The van der Waals surface area contributed by atoms with Crippen LogP contribution < -0.4 is 4.74 Å². The molecule has 0 radical (unpaired) electrons. The van der Waals surface area contributed by atoms with Gasteiger partial charge in [0.1, 0.15) is 11.5 Å². The fourth-order valence-corrected chi connectivity index (χ4v) is 4.38. The lowest BCUT2D eigenvalue weighted by molar-refractivity contribution is -0.139. The van der Waals surface area contributed by atoms with Crippen molar-refractivity contribution >= 4 is 17.4 Å². The minimum atomic E-state index is -0.629. The summed E-state index contributed by atoms with van der Waals surface area (Å²) < 4.78 is 5.75. The molecule has 1 aliphatic rings. The number of likely N-dealkylation sites (tertiary alicyclic amines) is 1. The van der Waals surface area contributed by atoms with Crippen molar-refractivity contribution in [2.75, 3.05) is 13.2 Å². The van der Waals surface area contributed by atoms with Crippen molar-refractivity contribution in [2.45, 2.75) is 72.3 Å². The Morgan fingerprint density at radius 2 is 1.74 bits per heavy atom. The van der Waals surface area contributed by atoms with Crippen molar-refractivity contribution in [3.63, 3.8) is 0 Å². The number of ether oxygens (including phenoxy) is 1. The van der Waals surface area contributed by atoms with Crippen molar-refractivity contribution < 1.29 is 19.4 Å². The van der Waals surface area contributed by atoms with Gasteiger partial charge in [0.25, 0.3) is 11.7 Å². The molecule has 0 aliphatic carbocycles. The lowest BCUT2D eigenvalue weighted by atomic mass is 9.93. The average Bonchev–Trinajstić information content (AvgIpc) is 3.08. The van der Waals surface area contributed by atoms with Gasteiger partial charge >= 0.3 is 0 Å². The SMILES string of the molecule is CCCCCN1C(=O)C(=O)/C(=C(\O)c2ccc(OCCC)c(C)c2)C1c1ccc(C(C)C)cc1. The Morgan fingerprint density at radius 1 is 1.03 bits per heavy atom. The van der Waals surface area contributed by atoms with Crippen molar-refractivity contribution in [1.82, 2.24) is 4.90 Å². The molecule has 2 aromatic carbocycles. The number of aliphatic hydroxyl groups is 1. The van der Waals surface area contributed by atoms with Crippen LogP contribution in [0.15, 0.2) is 48.0 Å². The molecule has 0 bridgehead atoms. The number of rotatable bonds is 10. The minimum Gasteiger partial charge on any atom is -0.507 e. The van der Waals surface area contributed by atoms with Crippen molar-refractivity contribution in [3.05, 3.63) is 70.3 Å². The van der Waals surface area contributed by atoms with Crippen LogP contribution in [0.1, 0.15) is 87.6 Å². The highest BCUT2D eigenvalue weighted by molar-refractivity contribution is 6.46. The van der Waals surface area contributed by atoms with Gasteiger partial charge in [0.05, 0.1) is 18.2 Å². The van der Waals surface area contributed by atoms with Crippen LogP contribution in [-0.4, -0.2) is 34.8 Å². The van der Waals surface area contributed by atoms with Gasteiger partial charge in [0.2, 0.25) is 0 Å². The third-order valence-electron chi connectivity index (χ3n) is 6.37. The fraction of sp³-hybridized carbons (Fsp3) is 0.448. The summed E-state index contributed by atoms with van der Waals surface area (Å²) in [4.78, 5) is 27.9. The number of Topliss-reactive ketones (excluding diaryl/α,β-unsaturated/α-hetero) is 1. The molecule has 5 heteroatoms. The maximum Gasteiger partial charge on any atom is 0.295 e. The first-order chi connectivity index (χ1) is 16.3. The average molecular weight is 464 g/mol. The van der Waals surface area contributed by atoms with Crippen molar-refractivity contribution in [2.24, 2.45) is 0 Å². The molecule has 5 nitrogen and oxygen atoms in total. The van der Waals surface area contributed by atoms with E-state index < -0.39 is 17.7 Å². The lowest BCUT2D eigenvalue weighted by Gasteiger charge is -2.25. The number of benzene rings is 2. The first-order valence-corrected chi connectivity index (χ1v) is 12.4. The summed E-state index contributed by atoms with van der Waals surface area (Å²) in [6, 6.07) is 12.8. The van der Waals surface area contributed by atoms with Crippen LogP contribution in [0, 0.1) is 6.92 Å². The number of unbranched alkanes of at least 4 members (excludes halogenated alkanes) is 2. The Morgan fingerprint density at radius 3 is 2.32 bits per heavy atom. The van der Waals surface area contributed by atoms with Gasteiger partial charge in [0.15, 0.2) is 0 Å². The number of carbonyl (C=O) groups is 2. The smallest absolute Gasteiger partial charge is 0.295 e. The van der Waals surface area contributed by atoms with Gasteiger partial charge in [-0.25, -0.2) is 0 Å². The number of aryl methyl sites for hydroxylation is 1. The second-order valence-electron chi connectivity index (χ2n) is 9.35. The summed E-state index contributed by atoms with van der Waals surface area (Å²) in [5.74, 6) is -0.189. The van der Waals surface area contributed by atoms with E-state index in [0.29, 0.717) is 24.6 Å². The molecule has 182 valence electrons. The zero-order valence-electron chi connectivity index (χ0n) is 21.1. The number of hydrogen-bond donors (Lipinski definition) is 1. The van der Waals surface area contributed by atoms with Gasteiger partial charge in [-0.15, -0.1) is 0 Å². The Labute approximate surface area is 203 Å². The predicted molar refractivity (Wildman–Crippen MR) is 136 cm³/mol. The lowest BCUT2D eigenvalue weighted by Crippen LogP contribution is -2.30. The molecule has 34 heavy (non-hydrogen) atoms. The summed E-state index contributed by atoms with van der Waals surface area (Å²) >= 11 is 0. The van der Waals surface area contributed by atoms with Crippen molar-refractivity contribution in [1.29, 1.82) is 0 Å². The Bertz CT molecular complexity index is 1050. The zero-order valence-corrected chi connectivity index (χ0v) is 21.1. The Balaban J connectivity index is 2.07. The molecule has 2 aromatic rings. The van der Waals surface area contributed by atoms with Gasteiger partial charge in [-0.1, -0.05) is 64.8 Å². The van der Waals surface area contributed by atoms with E-state index in [0.717, 1.165) is 42.6 Å². The molecule has 1 amide bonds. The number of nitrogens with zero attached hydrogens (tertiary/aromatic N) is 1. The molecule has 1 N–H and O–H groups in total.